The van der Waals surface area contributed by atoms with E-state index in [0.717, 1.165) is 5.25 Å². The fourth-order valence-electron chi connectivity index (χ4n) is 0.859. The summed E-state index contributed by atoms with van der Waals surface area (Å²) in [4.78, 5) is 4.27. The molecule has 0 saturated heterocycles. The van der Waals surface area contributed by atoms with Gasteiger partial charge in [0.15, 0.2) is 0 Å². The molecule has 46 valence electrons. The molecule has 0 aromatic heterocycles. The van der Waals surface area contributed by atoms with E-state index in [1.807, 2.05) is 17.3 Å². The van der Waals surface area contributed by atoms with Gasteiger partial charge in [-0.2, -0.15) is 0 Å². The molecular formula is C6H11NS. The highest BCUT2D eigenvalue weighted by molar-refractivity contribution is 8.12. The minimum Gasteiger partial charge on any atom is -0.282 e. The first kappa shape index (κ1) is 6.14. The van der Waals surface area contributed by atoms with Crippen molar-refractivity contribution in [3.63, 3.8) is 0 Å². The van der Waals surface area contributed by atoms with E-state index >= 15 is 0 Å². The van der Waals surface area contributed by atoms with Gasteiger partial charge in [0.05, 0.1) is 11.6 Å². The van der Waals surface area contributed by atoms with E-state index in [9.17, 15) is 0 Å². The Morgan fingerprint density at radius 1 is 1.75 bits per heavy atom. The maximum absolute atomic E-state index is 4.27. The molecule has 2 unspecified atom stereocenters. The molecule has 0 bridgehead atoms. The second-order valence-corrected chi connectivity index (χ2v) is 3.30. The highest BCUT2D eigenvalue weighted by Gasteiger charge is 2.17. The lowest BCUT2D eigenvalue weighted by Gasteiger charge is -2.07. The molecule has 0 fully saturated rings. The van der Waals surface area contributed by atoms with Crippen molar-refractivity contribution in [3.8, 4) is 0 Å². The highest BCUT2D eigenvalue weighted by atomic mass is 32.2. The third-order valence-corrected chi connectivity index (χ3v) is 2.47. The van der Waals surface area contributed by atoms with Gasteiger partial charge in [0.25, 0.3) is 0 Å². The predicted octanol–water partition coefficient (Wildman–Crippen LogP) is 1.93. The van der Waals surface area contributed by atoms with Gasteiger partial charge in [0.1, 0.15) is 0 Å². The quantitative estimate of drug-likeness (QED) is 0.527. The van der Waals surface area contributed by atoms with E-state index in [1.165, 1.54) is 6.42 Å². The Balaban J connectivity index is 2.41. The molecule has 0 amide bonds. The van der Waals surface area contributed by atoms with E-state index in [1.54, 1.807) is 0 Å². The fraction of sp³-hybridized carbons (Fsp3) is 0.833. The monoisotopic (exact) mass is 129 g/mol. The van der Waals surface area contributed by atoms with Crippen LogP contribution in [0, 0.1) is 0 Å². The van der Waals surface area contributed by atoms with Crippen molar-refractivity contribution < 1.29 is 0 Å². The van der Waals surface area contributed by atoms with Crippen molar-refractivity contribution in [2.24, 2.45) is 4.99 Å². The van der Waals surface area contributed by atoms with Gasteiger partial charge in [-0.1, -0.05) is 13.8 Å². The maximum atomic E-state index is 4.27. The molecule has 0 radical (unpaired) electrons. The van der Waals surface area contributed by atoms with Crippen molar-refractivity contribution >= 4 is 17.3 Å². The van der Waals surface area contributed by atoms with Gasteiger partial charge in [-0.15, -0.1) is 11.8 Å². The van der Waals surface area contributed by atoms with Crippen LogP contribution < -0.4 is 0 Å². The lowest BCUT2D eigenvalue weighted by molar-refractivity contribution is 0.658. The van der Waals surface area contributed by atoms with Gasteiger partial charge in [-0.3, -0.25) is 4.99 Å². The zero-order valence-electron chi connectivity index (χ0n) is 5.29. The van der Waals surface area contributed by atoms with Crippen LogP contribution in [0.25, 0.3) is 0 Å². The van der Waals surface area contributed by atoms with E-state index in [0.29, 0.717) is 6.04 Å². The Morgan fingerprint density at radius 2 is 2.50 bits per heavy atom. The number of aliphatic imine (C=N–C) groups is 1. The molecule has 1 aliphatic rings. The van der Waals surface area contributed by atoms with Crippen molar-refractivity contribution in [2.45, 2.75) is 31.6 Å². The van der Waals surface area contributed by atoms with Crippen molar-refractivity contribution in [3.05, 3.63) is 0 Å². The Morgan fingerprint density at radius 3 is 2.75 bits per heavy atom. The summed E-state index contributed by atoms with van der Waals surface area (Å²) < 4.78 is 0. The number of nitrogens with zero attached hydrogens (tertiary/aromatic N) is 1. The molecule has 0 N–H and O–H groups in total. The Bertz CT molecular complexity index is 101. The van der Waals surface area contributed by atoms with Gasteiger partial charge in [-0.25, -0.2) is 0 Å². The van der Waals surface area contributed by atoms with Gasteiger partial charge < -0.3 is 0 Å². The van der Waals surface area contributed by atoms with Crippen LogP contribution in [0.1, 0.15) is 20.3 Å². The van der Waals surface area contributed by atoms with Gasteiger partial charge >= 0.3 is 0 Å². The summed E-state index contributed by atoms with van der Waals surface area (Å²) in [5.74, 6) is 0. The third kappa shape index (κ3) is 1.05. The molecule has 2 atom stereocenters. The van der Waals surface area contributed by atoms with Crippen molar-refractivity contribution in [2.75, 3.05) is 0 Å². The number of hydrogen-bond donors (Lipinski definition) is 0. The van der Waals surface area contributed by atoms with Gasteiger partial charge in [-0.05, 0) is 6.42 Å². The molecule has 0 aromatic rings. The zero-order valence-corrected chi connectivity index (χ0v) is 6.11. The van der Waals surface area contributed by atoms with E-state index in [2.05, 4.69) is 18.8 Å². The van der Waals surface area contributed by atoms with Crippen LogP contribution in [0.3, 0.4) is 0 Å². The summed E-state index contributed by atoms with van der Waals surface area (Å²) in [6.07, 6.45) is 1.19. The summed E-state index contributed by atoms with van der Waals surface area (Å²) >= 11 is 1.84. The summed E-state index contributed by atoms with van der Waals surface area (Å²) in [6, 6.07) is 0.597. The zero-order chi connectivity index (χ0) is 5.98. The van der Waals surface area contributed by atoms with Gasteiger partial charge in [0, 0.05) is 5.25 Å². The second kappa shape index (κ2) is 2.53. The molecular weight excluding hydrogens is 118 g/mol. The molecule has 1 heterocycles. The van der Waals surface area contributed by atoms with Crippen LogP contribution in [0.2, 0.25) is 0 Å². The van der Waals surface area contributed by atoms with Crippen molar-refractivity contribution in [1.82, 2.24) is 0 Å². The van der Waals surface area contributed by atoms with Crippen LogP contribution in [-0.2, 0) is 0 Å². The predicted molar refractivity (Wildman–Crippen MR) is 39.6 cm³/mol. The molecule has 1 nitrogen and oxygen atoms in total. The third-order valence-electron chi connectivity index (χ3n) is 1.49. The molecule has 1 aliphatic heterocycles. The Kier molecular flexibility index (Phi) is 1.95. The lowest BCUT2D eigenvalue weighted by atomic mass is 10.2. The minimum atomic E-state index is 0.597. The first-order chi connectivity index (χ1) is 3.84. The van der Waals surface area contributed by atoms with E-state index in [-0.39, 0.29) is 0 Å². The smallest absolute Gasteiger partial charge is 0.0622 e. The Labute approximate surface area is 54.6 Å². The molecule has 8 heavy (non-hydrogen) atoms. The molecule has 0 aromatic carbocycles. The lowest BCUT2D eigenvalue weighted by Crippen LogP contribution is -2.11. The number of hydrogen-bond acceptors (Lipinski definition) is 2. The van der Waals surface area contributed by atoms with E-state index in [4.69, 9.17) is 0 Å². The molecule has 1 rings (SSSR count). The number of thioether (sulfide) groups is 1. The maximum Gasteiger partial charge on any atom is 0.0622 e. The van der Waals surface area contributed by atoms with Crippen LogP contribution >= 0.6 is 11.8 Å². The van der Waals surface area contributed by atoms with Crippen LogP contribution in [0.15, 0.2) is 4.99 Å². The Hall–Kier alpha value is 0.0200. The summed E-state index contributed by atoms with van der Waals surface area (Å²) in [6.45, 7) is 4.41. The molecule has 0 saturated carbocycles. The molecule has 2 heteroatoms. The highest BCUT2D eigenvalue weighted by Crippen LogP contribution is 2.22. The van der Waals surface area contributed by atoms with Gasteiger partial charge in [0.2, 0.25) is 0 Å². The fourth-order valence-corrected chi connectivity index (χ4v) is 1.72. The first-order valence-corrected chi connectivity index (χ1v) is 3.96. The topological polar surface area (TPSA) is 12.4 Å². The average Bonchev–Trinajstić information content (AvgIpc) is 2.14. The molecule has 0 spiro atoms. The summed E-state index contributed by atoms with van der Waals surface area (Å²) in [5, 5.41) is 0.722. The van der Waals surface area contributed by atoms with Crippen LogP contribution in [0.4, 0.5) is 0 Å². The minimum absolute atomic E-state index is 0.597. The van der Waals surface area contributed by atoms with Crippen LogP contribution in [0.5, 0.6) is 0 Å². The number of rotatable bonds is 1. The first-order valence-electron chi connectivity index (χ1n) is 3.01. The average molecular weight is 129 g/mol. The summed E-state index contributed by atoms with van der Waals surface area (Å²) in [7, 11) is 0. The van der Waals surface area contributed by atoms with E-state index < -0.39 is 0 Å². The normalized spacial score (nSPS) is 36.2. The van der Waals surface area contributed by atoms with Crippen LogP contribution in [-0.4, -0.2) is 16.8 Å². The molecule has 0 aliphatic carbocycles. The van der Waals surface area contributed by atoms with Crippen molar-refractivity contribution in [1.29, 1.82) is 0 Å². The summed E-state index contributed by atoms with van der Waals surface area (Å²) in [5.41, 5.74) is 1.97. The SMILES string of the molecule is CCC1N=CSC1C. The standard InChI is InChI=1S/C6H11NS/c1-3-6-5(2)8-4-7-6/h4-6H,3H2,1-2H3. The largest absolute Gasteiger partial charge is 0.282 e. The second-order valence-electron chi connectivity index (χ2n) is 2.07.